The van der Waals surface area contributed by atoms with Crippen molar-refractivity contribution < 1.29 is 22.3 Å². The van der Waals surface area contributed by atoms with Crippen molar-refractivity contribution in [3.8, 4) is 0 Å². The van der Waals surface area contributed by atoms with Gasteiger partial charge in [0.15, 0.2) is 0 Å². The van der Waals surface area contributed by atoms with Crippen molar-refractivity contribution in [2.75, 3.05) is 13.1 Å². The number of fused-ring (bicyclic) bond motifs is 1. The number of aromatic nitrogens is 1. The number of halogens is 2. The SMILES string of the molecule is O=S(=O)(c1cccc2cccnc12)N1CCC(O)(C(F)F)CC1. The van der Waals surface area contributed by atoms with Crippen molar-refractivity contribution in [1.29, 1.82) is 0 Å². The first kappa shape index (κ1) is 16.2. The van der Waals surface area contributed by atoms with Gasteiger partial charge in [-0.3, -0.25) is 4.98 Å². The van der Waals surface area contributed by atoms with Crippen LogP contribution in [0.5, 0.6) is 0 Å². The lowest BCUT2D eigenvalue weighted by atomic mass is 9.93. The maximum absolute atomic E-state index is 12.8. The third-order valence-corrected chi connectivity index (χ3v) is 6.14. The van der Waals surface area contributed by atoms with E-state index in [1.165, 1.54) is 12.3 Å². The van der Waals surface area contributed by atoms with Gasteiger partial charge in [0.25, 0.3) is 6.43 Å². The lowest BCUT2D eigenvalue weighted by Crippen LogP contribution is -2.50. The van der Waals surface area contributed by atoms with Gasteiger partial charge in [0.2, 0.25) is 10.0 Å². The van der Waals surface area contributed by atoms with Crippen LogP contribution in [-0.4, -0.2) is 47.9 Å². The summed E-state index contributed by atoms with van der Waals surface area (Å²) in [5, 5.41) is 10.5. The summed E-state index contributed by atoms with van der Waals surface area (Å²) < 4.78 is 52.4. The first-order chi connectivity index (χ1) is 10.8. The van der Waals surface area contributed by atoms with E-state index in [1.807, 2.05) is 0 Å². The minimum Gasteiger partial charge on any atom is -0.384 e. The number of alkyl halides is 2. The highest BCUT2D eigenvalue weighted by molar-refractivity contribution is 7.89. The first-order valence-electron chi connectivity index (χ1n) is 7.19. The van der Waals surface area contributed by atoms with Crippen LogP contribution in [0.25, 0.3) is 10.9 Å². The van der Waals surface area contributed by atoms with Crippen LogP contribution in [0.3, 0.4) is 0 Å². The smallest absolute Gasteiger partial charge is 0.266 e. The summed E-state index contributed by atoms with van der Waals surface area (Å²) in [6, 6.07) is 8.30. The predicted molar refractivity (Wildman–Crippen MR) is 80.7 cm³/mol. The fraction of sp³-hybridized carbons (Fsp3) is 0.400. The van der Waals surface area contributed by atoms with Crippen molar-refractivity contribution in [2.45, 2.75) is 29.8 Å². The topological polar surface area (TPSA) is 70.5 Å². The van der Waals surface area contributed by atoms with Gasteiger partial charge in [0, 0.05) is 24.7 Å². The molecule has 8 heteroatoms. The summed E-state index contributed by atoms with van der Waals surface area (Å²) in [6.45, 7) is -0.293. The molecule has 3 rings (SSSR count). The van der Waals surface area contributed by atoms with E-state index in [4.69, 9.17) is 0 Å². The number of rotatable bonds is 3. The van der Waals surface area contributed by atoms with Crippen LogP contribution >= 0.6 is 0 Å². The van der Waals surface area contributed by atoms with E-state index in [2.05, 4.69) is 4.98 Å². The average molecular weight is 342 g/mol. The number of sulfonamides is 1. The Hall–Kier alpha value is -1.64. The maximum Gasteiger partial charge on any atom is 0.266 e. The standard InChI is InChI=1S/C15H16F2N2O3S/c16-14(17)15(20)6-9-19(10-7-15)23(21,22)12-5-1-3-11-4-2-8-18-13(11)12/h1-5,8,14,20H,6-7,9-10H2. The van der Waals surface area contributed by atoms with Gasteiger partial charge < -0.3 is 5.11 Å². The van der Waals surface area contributed by atoms with Gasteiger partial charge in [-0.2, -0.15) is 4.31 Å². The molecule has 124 valence electrons. The van der Waals surface area contributed by atoms with E-state index < -0.39 is 22.0 Å². The van der Waals surface area contributed by atoms with Gasteiger partial charge in [-0.15, -0.1) is 0 Å². The molecular weight excluding hydrogens is 326 g/mol. The third-order valence-electron chi connectivity index (χ3n) is 4.21. The highest BCUT2D eigenvalue weighted by Crippen LogP contribution is 2.32. The van der Waals surface area contributed by atoms with Gasteiger partial charge in [-0.25, -0.2) is 17.2 Å². The Morgan fingerprint density at radius 2 is 1.83 bits per heavy atom. The number of nitrogens with zero attached hydrogens (tertiary/aromatic N) is 2. The molecule has 0 saturated carbocycles. The second kappa shape index (κ2) is 5.77. The molecule has 1 fully saturated rings. The molecule has 23 heavy (non-hydrogen) atoms. The van der Waals surface area contributed by atoms with E-state index in [0.29, 0.717) is 10.9 Å². The molecule has 1 aliphatic heterocycles. The molecule has 5 nitrogen and oxygen atoms in total. The zero-order chi connectivity index (χ0) is 16.7. The Labute approximate surface area is 132 Å². The van der Waals surface area contributed by atoms with Gasteiger partial charge in [-0.1, -0.05) is 18.2 Å². The van der Waals surface area contributed by atoms with Crippen molar-refractivity contribution >= 4 is 20.9 Å². The molecule has 1 saturated heterocycles. The number of benzene rings is 1. The zero-order valence-electron chi connectivity index (χ0n) is 12.2. The van der Waals surface area contributed by atoms with Gasteiger partial charge in [0.05, 0.1) is 5.52 Å². The largest absolute Gasteiger partial charge is 0.384 e. The summed E-state index contributed by atoms with van der Waals surface area (Å²) in [5.74, 6) is 0. The van der Waals surface area contributed by atoms with Crippen molar-refractivity contribution in [1.82, 2.24) is 9.29 Å². The Balaban J connectivity index is 1.94. The highest BCUT2D eigenvalue weighted by Gasteiger charge is 2.43. The van der Waals surface area contributed by atoms with Gasteiger partial charge in [0.1, 0.15) is 10.5 Å². The molecule has 1 N–H and O–H groups in total. The van der Waals surface area contributed by atoms with Crippen LogP contribution in [0.2, 0.25) is 0 Å². The Morgan fingerprint density at radius 1 is 1.17 bits per heavy atom. The van der Waals surface area contributed by atoms with Crippen molar-refractivity contribution in [2.24, 2.45) is 0 Å². The van der Waals surface area contributed by atoms with E-state index in [9.17, 15) is 22.3 Å². The van der Waals surface area contributed by atoms with Crippen molar-refractivity contribution in [3.05, 3.63) is 36.5 Å². The van der Waals surface area contributed by atoms with Crippen LogP contribution < -0.4 is 0 Å². The number of hydrogen-bond acceptors (Lipinski definition) is 4. The predicted octanol–water partition coefficient (Wildman–Crippen LogP) is 2.02. The average Bonchev–Trinajstić information content (AvgIpc) is 2.54. The molecule has 1 aliphatic rings. The highest BCUT2D eigenvalue weighted by atomic mass is 32.2. The number of piperidine rings is 1. The fourth-order valence-electron chi connectivity index (χ4n) is 2.76. The number of pyridine rings is 1. The van der Waals surface area contributed by atoms with Crippen molar-refractivity contribution in [3.63, 3.8) is 0 Å². The maximum atomic E-state index is 12.8. The second-order valence-corrected chi connectivity index (χ2v) is 7.55. The normalized spacial score (nSPS) is 19.3. The molecule has 0 unspecified atom stereocenters. The summed E-state index contributed by atoms with van der Waals surface area (Å²) in [4.78, 5) is 4.18. The van der Waals surface area contributed by atoms with Crippen LogP contribution in [-0.2, 0) is 10.0 Å². The Morgan fingerprint density at radius 3 is 2.48 bits per heavy atom. The minimum atomic E-state index is -3.85. The molecule has 0 amide bonds. The summed E-state index contributed by atoms with van der Waals surface area (Å²) in [6.07, 6.45) is -1.95. The quantitative estimate of drug-likeness (QED) is 0.926. The van der Waals surface area contributed by atoms with Crippen LogP contribution in [0, 0.1) is 0 Å². The monoisotopic (exact) mass is 342 g/mol. The molecule has 2 heterocycles. The molecule has 0 bridgehead atoms. The molecule has 1 aromatic heterocycles. The lowest BCUT2D eigenvalue weighted by molar-refractivity contribution is -0.119. The van der Waals surface area contributed by atoms with Crippen LogP contribution in [0.4, 0.5) is 8.78 Å². The third kappa shape index (κ3) is 2.82. The lowest BCUT2D eigenvalue weighted by Gasteiger charge is -2.36. The minimum absolute atomic E-state index is 0.0538. The summed E-state index contributed by atoms with van der Waals surface area (Å²) >= 11 is 0. The number of aliphatic hydroxyl groups is 1. The fourth-order valence-corrected chi connectivity index (χ4v) is 4.36. The molecular formula is C15H16F2N2O3S. The van der Waals surface area contributed by atoms with E-state index >= 15 is 0 Å². The van der Waals surface area contributed by atoms with Crippen LogP contribution in [0.1, 0.15) is 12.8 Å². The van der Waals surface area contributed by atoms with Gasteiger partial charge >= 0.3 is 0 Å². The Kier molecular flexibility index (Phi) is 4.07. The van der Waals surface area contributed by atoms with Gasteiger partial charge in [-0.05, 0) is 25.0 Å². The zero-order valence-corrected chi connectivity index (χ0v) is 13.0. The summed E-state index contributed by atoms with van der Waals surface area (Å²) in [7, 11) is -3.85. The first-order valence-corrected chi connectivity index (χ1v) is 8.63. The molecule has 2 aromatic rings. The second-order valence-electron chi connectivity index (χ2n) is 5.64. The molecule has 0 radical (unpaired) electrons. The Bertz CT molecular complexity index is 813. The van der Waals surface area contributed by atoms with E-state index in [-0.39, 0.29) is 30.8 Å². The summed E-state index contributed by atoms with van der Waals surface area (Å²) in [5.41, 5.74) is -1.76. The van der Waals surface area contributed by atoms with Crippen LogP contribution in [0.15, 0.2) is 41.4 Å². The van der Waals surface area contributed by atoms with E-state index in [0.717, 1.165) is 4.31 Å². The molecule has 1 aromatic carbocycles. The number of hydrogen-bond donors (Lipinski definition) is 1. The van der Waals surface area contributed by atoms with E-state index in [1.54, 1.807) is 24.3 Å². The molecule has 0 atom stereocenters. The molecule has 0 aliphatic carbocycles. The molecule has 0 spiro atoms. The number of para-hydroxylation sites is 1.